The zero-order valence-corrected chi connectivity index (χ0v) is 8.68. The maximum atomic E-state index is 12.5. The lowest BCUT2D eigenvalue weighted by Crippen LogP contribution is -2.63. The van der Waals surface area contributed by atoms with Crippen molar-refractivity contribution in [1.82, 2.24) is 5.32 Å². The summed E-state index contributed by atoms with van der Waals surface area (Å²) in [5.41, 5.74) is -2.95. The molecule has 0 fully saturated rings. The molecule has 2 unspecified atom stereocenters. The zero-order chi connectivity index (χ0) is 12.3. The fraction of sp³-hybridized carbons (Fsp3) is 0.875. The van der Waals surface area contributed by atoms with E-state index in [2.05, 4.69) is 4.74 Å². The van der Waals surface area contributed by atoms with Crippen molar-refractivity contribution in [3.05, 3.63) is 0 Å². The first-order chi connectivity index (χ1) is 6.65. The van der Waals surface area contributed by atoms with Gasteiger partial charge in [0, 0.05) is 13.2 Å². The number of methoxy groups -OCH3 is 1. The highest BCUT2D eigenvalue weighted by Crippen LogP contribution is 2.30. The van der Waals surface area contributed by atoms with Crippen LogP contribution >= 0.6 is 0 Å². The predicted molar refractivity (Wildman–Crippen MR) is 46.6 cm³/mol. The van der Waals surface area contributed by atoms with Crippen molar-refractivity contribution in [2.75, 3.05) is 13.7 Å². The van der Waals surface area contributed by atoms with Gasteiger partial charge in [-0.05, 0) is 13.8 Å². The SMILES string of the molecule is COCC(C)NC(C)(C(=O)O)C(F)(F)F. The van der Waals surface area contributed by atoms with Gasteiger partial charge in [-0.15, -0.1) is 0 Å². The van der Waals surface area contributed by atoms with Crippen LogP contribution in [0.2, 0.25) is 0 Å². The number of ether oxygens (including phenoxy) is 1. The molecule has 15 heavy (non-hydrogen) atoms. The molecular weight excluding hydrogens is 215 g/mol. The number of hydrogen-bond donors (Lipinski definition) is 2. The van der Waals surface area contributed by atoms with E-state index in [1.807, 2.05) is 5.32 Å². The fourth-order valence-corrected chi connectivity index (χ4v) is 1.05. The first-order valence-electron chi connectivity index (χ1n) is 4.22. The molecular formula is C8H14F3NO3. The summed E-state index contributed by atoms with van der Waals surface area (Å²) in [6, 6.07) is -0.710. The molecule has 0 aliphatic heterocycles. The lowest BCUT2D eigenvalue weighted by Gasteiger charge is -2.31. The number of aliphatic carboxylic acids is 1. The summed E-state index contributed by atoms with van der Waals surface area (Å²) in [6.45, 7) is 2.00. The van der Waals surface area contributed by atoms with E-state index >= 15 is 0 Å². The molecule has 0 spiro atoms. The van der Waals surface area contributed by atoms with Gasteiger partial charge in [-0.25, -0.2) is 4.79 Å². The quantitative estimate of drug-likeness (QED) is 0.738. The van der Waals surface area contributed by atoms with E-state index < -0.39 is 23.7 Å². The van der Waals surface area contributed by atoms with Crippen molar-refractivity contribution < 1.29 is 27.8 Å². The maximum Gasteiger partial charge on any atom is 0.417 e. The van der Waals surface area contributed by atoms with Gasteiger partial charge in [0.1, 0.15) is 0 Å². The van der Waals surface area contributed by atoms with Crippen LogP contribution in [0.4, 0.5) is 13.2 Å². The molecule has 0 aromatic rings. The van der Waals surface area contributed by atoms with Crippen molar-refractivity contribution in [1.29, 1.82) is 0 Å². The molecule has 90 valence electrons. The van der Waals surface area contributed by atoms with Gasteiger partial charge >= 0.3 is 12.1 Å². The summed E-state index contributed by atoms with van der Waals surface area (Å²) in [5, 5.41) is 10.5. The summed E-state index contributed by atoms with van der Waals surface area (Å²) in [5.74, 6) is -1.96. The Hall–Kier alpha value is -0.820. The van der Waals surface area contributed by atoms with E-state index in [1.165, 1.54) is 14.0 Å². The Morgan fingerprint density at radius 1 is 1.53 bits per heavy atom. The van der Waals surface area contributed by atoms with Crippen LogP contribution in [0.5, 0.6) is 0 Å². The Morgan fingerprint density at radius 3 is 2.27 bits per heavy atom. The molecule has 0 aromatic heterocycles. The van der Waals surface area contributed by atoms with E-state index in [1.54, 1.807) is 0 Å². The van der Waals surface area contributed by atoms with Crippen molar-refractivity contribution in [2.24, 2.45) is 0 Å². The Morgan fingerprint density at radius 2 is 2.00 bits per heavy atom. The third-order valence-electron chi connectivity index (χ3n) is 1.95. The van der Waals surface area contributed by atoms with E-state index in [0.29, 0.717) is 6.92 Å². The van der Waals surface area contributed by atoms with Gasteiger partial charge in [-0.3, -0.25) is 5.32 Å². The maximum absolute atomic E-state index is 12.5. The molecule has 0 saturated carbocycles. The molecule has 0 bridgehead atoms. The largest absolute Gasteiger partial charge is 0.480 e. The number of carboxylic acids is 1. The van der Waals surface area contributed by atoms with Crippen LogP contribution in [0, 0.1) is 0 Å². The summed E-state index contributed by atoms with van der Waals surface area (Å²) < 4.78 is 42.0. The normalized spacial score (nSPS) is 18.3. The van der Waals surface area contributed by atoms with Gasteiger partial charge in [0.25, 0.3) is 0 Å². The first-order valence-corrected chi connectivity index (χ1v) is 4.22. The topological polar surface area (TPSA) is 58.6 Å². The number of nitrogens with one attached hydrogen (secondary N) is 1. The Bertz CT molecular complexity index is 232. The third kappa shape index (κ3) is 3.35. The molecule has 2 atom stereocenters. The number of halogens is 3. The van der Waals surface area contributed by atoms with E-state index in [0.717, 1.165) is 0 Å². The summed E-state index contributed by atoms with van der Waals surface area (Å²) in [4.78, 5) is 10.6. The average molecular weight is 229 g/mol. The van der Waals surface area contributed by atoms with Gasteiger partial charge in [-0.2, -0.15) is 13.2 Å². The summed E-state index contributed by atoms with van der Waals surface area (Å²) in [6.07, 6.45) is -4.86. The highest BCUT2D eigenvalue weighted by molar-refractivity contribution is 5.79. The molecule has 0 aliphatic rings. The molecule has 2 N–H and O–H groups in total. The molecule has 0 saturated heterocycles. The number of rotatable bonds is 5. The highest BCUT2D eigenvalue weighted by atomic mass is 19.4. The number of hydrogen-bond acceptors (Lipinski definition) is 3. The number of carboxylic acid groups (broad SMARTS) is 1. The minimum Gasteiger partial charge on any atom is -0.480 e. The zero-order valence-electron chi connectivity index (χ0n) is 8.68. The van der Waals surface area contributed by atoms with Crippen LogP contribution in [-0.4, -0.2) is 42.5 Å². The third-order valence-corrected chi connectivity index (χ3v) is 1.95. The van der Waals surface area contributed by atoms with Gasteiger partial charge in [0.15, 0.2) is 0 Å². The fourth-order valence-electron chi connectivity index (χ4n) is 1.05. The van der Waals surface area contributed by atoms with E-state index in [4.69, 9.17) is 5.11 Å². The minimum atomic E-state index is -4.86. The lowest BCUT2D eigenvalue weighted by molar-refractivity contribution is -0.208. The first kappa shape index (κ1) is 14.2. The smallest absolute Gasteiger partial charge is 0.417 e. The van der Waals surface area contributed by atoms with Crippen LogP contribution in [0.15, 0.2) is 0 Å². The molecule has 0 aliphatic carbocycles. The van der Waals surface area contributed by atoms with E-state index in [9.17, 15) is 18.0 Å². The van der Waals surface area contributed by atoms with Crippen molar-refractivity contribution >= 4 is 5.97 Å². The number of carbonyl (C=O) groups is 1. The Labute approximate surface area is 85.4 Å². The molecule has 0 amide bonds. The van der Waals surface area contributed by atoms with Crippen LogP contribution in [0.25, 0.3) is 0 Å². The van der Waals surface area contributed by atoms with Gasteiger partial charge in [0.2, 0.25) is 5.54 Å². The second-order valence-corrected chi connectivity index (χ2v) is 3.43. The predicted octanol–water partition coefficient (Wildman–Crippen LogP) is 1.02. The molecule has 0 heterocycles. The molecule has 0 rings (SSSR count). The standard InChI is InChI=1S/C8H14F3NO3/c1-5(4-15-3)12-7(2,6(13)14)8(9,10)11/h5,12H,4H2,1-3H3,(H,13,14). The van der Waals surface area contributed by atoms with Crippen molar-refractivity contribution in [3.8, 4) is 0 Å². The van der Waals surface area contributed by atoms with Crippen LogP contribution in [0.1, 0.15) is 13.8 Å². The second-order valence-electron chi connectivity index (χ2n) is 3.43. The monoisotopic (exact) mass is 229 g/mol. The number of alkyl halides is 3. The van der Waals surface area contributed by atoms with Gasteiger partial charge in [-0.1, -0.05) is 0 Å². The lowest BCUT2D eigenvalue weighted by atomic mass is 10.0. The van der Waals surface area contributed by atoms with Crippen LogP contribution < -0.4 is 5.32 Å². The molecule has 7 heteroatoms. The summed E-state index contributed by atoms with van der Waals surface area (Å²) >= 11 is 0. The summed E-state index contributed by atoms with van der Waals surface area (Å²) in [7, 11) is 1.32. The Kier molecular flexibility index (Phi) is 4.54. The van der Waals surface area contributed by atoms with Crippen molar-refractivity contribution in [3.63, 3.8) is 0 Å². The molecule has 4 nitrogen and oxygen atoms in total. The van der Waals surface area contributed by atoms with Crippen LogP contribution in [0.3, 0.4) is 0 Å². The van der Waals surface area contributed by atoms with Crippen molar-refractivity contribution in [2.45, 2.75) is 31.6 Å². The van der Waals surface area contributed by atoms with Gasteiger partial charge in [0.05, 0.1) is 6.61 Å². The average Bonchev–Trinajstić information content (AvgIpc) is 2.01. The van der Waals surface area contributed by atoms with E-state index in [-0.39, 0.29) is 6.61 Å². The van der Waals surface area contributed by atoms with Gasteiger partial charge < -0.3 is 9.84 Å². The molecule has 0 radical (unpaired) electrons. The van der Waals surface area contributed by atoms with Crippen LogP contribution in [-0.2, 0) is 9.53 Å². The Balaban J connectivity index is 4.75. The molecule has 0 aromatic carbocycles. The minimum absolute atomic E-state index is 0.00104. The highest BCUT2D eigenvalue weighted by Gasteiger charge is 2.57. The second kappa shape index (κ2) is 4.80.